The molecule has 1 aromatic carbocycles. The SMILES string of the molecule is COc1ncc(C(O)C(O)CNC(=O)OCc2ccccc2)cc1C(F)(F)F. The molecular weight excluding hydrogens is 381 g/mol. The summed E-state index contributed by atoms with van der Waals surface area (Å²) in [5, 5.41) is 22.3. The summed E-state index contributed by atoms with van der Waals surface area (Å²) in [6, 6.07) is 9.48. The summed E-state index contributed by atoms with van der Waals surface area (Å²) in [7, 11) is 1.04. The molecule has 0 spiro atoms. The fraction of sp³-hybridized carbons (Fsp3) is 0.333. The van der Waals surface area contributed by atoms with Gasteiger partial charge in [0.2, 0.25) is 5.88 Å². The van der Waals surface area contributed by atoms with Crippen molar-refractivity contribution in [2.75, 3.05) is 13.7 Å². The average molecular weight is 400 g/mol. The molecule has 2 aromatic rings. The summed E-state index contributed by atoms with van der Waals surface area (Å²) >= 11 is 0. The number of carbonyl (C=O) groups excluding carboxylic acids is 1. The van der Waals surface area contributed by atoms with Crippen LogP contribution < -0.4 is 10.1 Å². The van der Waals surface area contributed by atoms with Gasteiger partial charge in [-0.1, -0.05) is 30.3 Å². The number of benzene rings is 1. The number of rotatable bonds is 7. The van der Waals surface area contributed by atoms with E-state index < -0.39 is 42.5 Å². The van der Waals surface area contributed by atoms with Gasteiger partial charge in [0.1, 0.15) is 24.4 Å². The lowest BCUT2D eigenvalue weighted by molar-refractivity contribution is -0.139. The van der Waals surface area contributed by atoms with Crippen LogP contribution in [0.2, 0.25) is 0 Å². The van der Waals surface area contributed by atoms with E-state index in [0.29, 0.717) is 6.07 Å². The highest BCUT2D eigenvalue weighted by Crippen LogP contribution is 2.36. The van der Waals surface area contributed by atoms with Crippen LogP contribution in [0.15, 0.2) is 42.6 Å². The first-order chi connectivity index (χ1) is 13.2. The van der Waals surface area contributed by atoms with E-state index in [9.17, 15) is 28.2 Å². The summed E-state index contributed by atoms with van der Waals surface area (Å²) < 4.78 is 48.6. The molecule has 1 amide bonds. The first-order valence-electron chi connectivity index (χ1n) is 8.14. The molecule has 1 aromatic heterocycles. The third kappa shape index (κ3) is 5.83. The highest BCUT2D eigenvalue weighted by atomic mass is 19.4. The van der Waals surface area contributed by atoms with Gasteiger partial charge in [0, 0.05) is 18.3 Å². The Labute approximate surface area is 158 Å². The van der Waals surface area contributed by atoms with Crippen LogP contribution in [0.25, 0.3) is 0 Å². The van der Waals surface area contributed by atoms with Crippen LogP contribution in [0.1, 0.15) is 22.8 Å². The first-order valence-corrected chi connectivity index (χ1v) is 8.14. The second-order valence-electron chi connectivity index (χ2n) is 5.78. The van der Waals surface area contributed by atoms with Crippen LogP contribution >= 0.6 is 0 Å². The van der Waals surface area contributed by atoms with Gasteiger partial charge in [-0.15, -0.1) is 0 Å². The van der Waals surface area contributed by atoms with Crippen LogP contribution in [0.3, 0.4) is 0 Å². The van der Waals surface area contributed by atoms with E-state index in [-0.39, 0.29) is 12.2 Å². The van der Waals surface area contributed by atoms with Gasteiger partial charge < -0.3 is 25.0 Å². The number of pyridine rings is 1. The van der Waals surface area contributed by atoms with Gasteiger partial charge in [-0.05, 0) is 11.6 Å². The van der Waals surface area contributed by atoms with Crippen LogP contribution in [0.4, 0.5) is 18.0 Å². The maximum atomic E-state index is 13.0. The number of halogens is 3. The van der Waals surface area contributed by atoms with Crippen molar-refractivity contribution in [1.82, 2.24) is 10.3 Å². The molecule has 152 valence electrons. The van der Waals surface area contributed by atoms with Crippen molar-refractivity contribution >= 4 is 6.09 Å². The second-order valence-corrected chi connectivity index (χ2v) is 5.78. The molecule has 0 saturated heterocycles. The van der Waals surface area contributed by atoms with Crippen LogP contribution in [-0.4, -0.2) is 41.0 Å². The Kier molecular flexibility index (Phi) is 7.18. The average Bonchev–Trinajstić information content (AvgIpc) is 2.69. The Morgan fingerprint density at radius 1 is 1.25 bits per heavy atom. The van der Waals surface area contributed by atoms with Gasteiger partial charge in [-0.25, -0.2) is 9.78 Å². The van der Waals surface area contributed by atoms with E-state index in [0.717, 1.165) is 18.9 Å². The van der Waals surface area contributed by atoms with Crippen LogP contribution in [0, 0.1) is 0 Å². The van der Waals surface area contributed by atoms with Gasteiger partial charge in [-0.2, -0.15) is 13.2 Å². The highest BCUT2D eigenvalue weighted by molar-refractivity contribution is 5.67. The molecule has 0 radical (unpaired) electrons. The summed E-state index contributed by atoms with van der Waals surface area (Å²) in [6.45, 7) is -0.440. The number of hydrogen-bond donors (Lipinski definition) is 3. The van der Waals surface area contributed by atoms with E-state index in [1.54, 1.807) is 30.3 Å². The number of alkyl carbamates (subject to hydrolysis) is 1. The molecule has 3 N–H and O–H groups in total. The van der Waals surface area contributed by atoms with Crippen molar-refractivity contribution in [2.45, 2.75) is 25.0 Å². The summed E-state index contributed by atoms with van der Waals surface area (Å²) in [4.78, 5) is 15.1. The molecule has 2 unspecified atom stereocenters. The number of alkyl halides is 3. The molecule has 28 heavy (non-hydrogen) atoms. The number of ether oxygens (including phenoxy) is 2. The number of nitrogens with one attached hydrogen (secondary N) is 1. The summed E-state index contributed by atoms with van der Waals surface area (Å²) in [5.74, 6) is -0.652. The molecule has 0 aliphatic carbocycles. The largest absolute Gasteiger partial charge is 0.481 e. The van der Waals surface area contributed by atoms with Gasteiger partial charge in [0.15, 0.2) is 0 Å². The van der Waals surface area contributed by atoms with Crippen molar-refractivity contribution in [3.63, 3.8) is 0 Å². The number of aliphatic hydroxyl groups is 2. The maximum Gasteiger partial charge on any atom is 0.421 e. The lowest BCUT2D eigenvalue weighted by atomic mass is 10.0. The fourth-order valence-corrected chi connectivity index (χ4v) is 2.29. The number of hydrogen-bond acceptors (Lipinski definition) is 6. The van der Waals surface area contributed by atoms with Gasteiger partial charge in [0.25, 0.3) is 0 Å². The molecule has 2 atom stereocenters. The maximum absolute atomic E-state index is 13.0. The lowest BCUT2D eigenvalue weighted by Gasteiger charge is -2.20. The minimum Gasteiger partial charge on any atom is -0.481 e. The number of aliphatic hydroxyl groups excluding tert-OH is 2. The molecule has 0 bridgehead atoms. The van der Waals surface area contributed by atoms with E-state index in [2.05, 4.69) is 15.0 Å². The zero-order chi connectivity index (χ0) is 20.7. The summed E-state index contributed by atoms with van der Waals surface area (Å²) in [6.07, 6.45) is -7.94. The molecule has 1 heterocycles. The number of carbonyl (C=O) groups is 1. The minimum absolute atomic E-state index is 0.00264. The van der Waals surface area contributed by atoms with Crippen molar-refractivity contribution in [3.05, 3.63) is 59.3 Å². The number of methoxy groups -OCH3 is 1. The fourth-order valence-electron chi connectivity index (χ4n) is 2.29. The molecule has 0 aliphatic rings. The molecule has 0 aliphatic heterocycles. The van der Waals surface area contributed by atoms with Crippen LogP contribution in [0.5, 0.6) is 5.88 Å². The number of aromatic nitrogens is 1. The molecule has 0 saturated carbocycles. The standard InChI is InChI=1S/C18H19F3N2O5/c1-27-16-13(18(19,20)21)7-12(8-22-16)15(25)14(24)9-23-17(26)28-10-11-5-3-2-4-6-11/h2-8,14-15,24-25H,9-10H2,1H3,(H,23,26). The van der Waals surface area contributed by atoms with Gasteiger partial charge in [-0.3, -0.25) is 0 Å². The quantitative estimate of drug-likeness (QED) is 0.660. The zero-order valence-corrected chi connectivity index (χ0v) is 14.8. The Hall–Kier alpha value is -2.85. The smallest absolute Gasteiger partial charge is 0.421 e. The van der Waals surface area contributed by atoms with E-state index >= 15 is 0 Å². The molecule has 10 heteroatoms. The number of amides is 1. The van der Waals surface area contributed by atoms with E-state index in [1.165, 1.54) is 0 Å². The minimum atomic E-state index is -4.75. The van der Waals surface area contributed by atoms with E-state index in [1.807, 2.05) is 0 Å². The normalized spacial score (nSPS) is 13.5. The predicted molar refractivity (Wildman–Crippen MR) is 91.4 cm³/mol. The highest BCUT2D eigenvalue weighted by Gasteiger charge is 2.36. The molecule has 7 nitrogen and oxygen atoms in total. The lowest BCUT2D eigenvalue weighted by Crippen LogP contribution is -2.35. The summed E-state index contributed by atoms with van der Waals surface area (Å²) in [5.41, 5.74) is -0.712. The third-order valence-electron chi connectivity index (χ3n) is 3.75. The topological polar surface area (TPSA) is 101 Å². The van der Waals surface area contributed by atoms with Crippen molar-refractivity contribution in [1.29, 1.82) is 0 Å². The Morgan fingerprint density at radius 2 is 1.93 bits per heavy atom. The second kappa shape index (κ2) is 9.38. The Balaban J connectivity index is 1.93. The Morgan fingerprint density at radius 3 is 2.54 bits per heavy atom. The van der Waals surface area contributed by atoms with Gasteiger partial charge >= 0.3 is 12.3 Å². The van der Waals surface area contributed by atoms with Crippen LogP contribution in [-0.2, 0) is 17.5 Å². The molecule has 0 fully saturated rings. The van der Waals surface area contributed by atoms with Crippen molar-refractivity contribution in [2.24, 2.45) is 0 Å². The monoisotopic (exact) mass is 400 g/mol. The predicted octanol–water partition coefficient (Wildman–Crippen LogP) is 2.43. The zero-order valence-electron chi connectivity index (χ0n) is 14.8. The number of nitrogens with zero attached hydrogens (tertiary/aromatic N) is 1. The molecular formula is C18H19F3N2O5. The Bertz CT molecular complexity index is 787. The first kappa shape index (κ1) is 21.5. The van der Waals surface area contributed by atoms with E-state index in [4.69, 9.17) is 4.74 Å². The third-order valence-corrected chi connectivity index (χ3v) is 3.75. The molecule has 2 rings (SSSR count). The van der Waals surface area contributed by atoms with Gasteiger partial charge in [0.05, 0.1) is 7.11 Å². The van der Waals surface area contributed by atoms with Crippen molar-refractivity contribution in [3.8, 4) is 5.88 Å². The van der Waals surface area contributed by atoms with Crippen molar-refractivity contribution < 1.29 is 37.7 Å².